The van der Waals surface area contributed by atoms with Crippen molar-refractivity contribution in [2.45, 2.75) is 38.9 Å². The molecule has 1 fully saturated rings. The van der Waals surface area contributed by atoms with Crippen molar-refractivity contribution in [1.29, 1.82) is 10.5 Å². The number of halogens is 3. The second-order valence-electron chi connectivity index (χ2n) is 24.6. The van der Waals surface area contributed by atoms with Gasteiger partial charge in [-0.2, -0.15) is 10.5 Å². The van der Waals surface area contributed by atoms with Crippen molar-refractivity contribution >= 4 is 103 Å². The third-order valence-electron chi connectivity index (χ3n) is 18.7. The topological polar surface area (TPSA) is 66.0 Å². The van der Waals surface area contributed by atoms with E-state index in [1.54, 1.807) is 12.1 Å². The van der Waals surface area contributed by atoms with E-state index in [4.69, 9.17) is 14.6 Å². The van der Waals surface area contributed by atoms with Crippen molar-refractivity contribution in [3.8, 4) is 112 Å². The molecular formula is C84H56BBr3N2O2. The molecule has 0 radical (unpaired) electrons. The van der Waals surface area contributed by atoms with Crippen LogP contribution in [-0.4, -0.2) is 18.3 Å². The molecule has 0 saturated carbocycles. The molecule has 1 heterocycles. The van der Waals surface area contributed by atoms with Crippen LogP contribution in [0.4, 0.5) is 0 Å². The summed E-state index contributed by atoms with van der Waals surface area (Å²) in [5, 5.41) is 28.8. The Morgan fingerprint density at radius 2 is 0.641 bits per heavy atom. The number of rotatable bonds is 6. The quantitative estimate of drug-likeness (QED) is 0.156. The fourth-order valence-corrected chi connectivity index (χ4v) is 15.5. The molecule has 438 valence electrons. The van der Waals surface area contributed by atoms with Gasteiger partial charge in [0, 0.05) is 13.4 Å². The summed E-state index contributed by atoms with van der Waals surface area (Å²) >= 11 is 10.8. The second kappa shape index (κ2) is 23.6. The van der Waals surface area contributed by atoms with Crippen molar-refractivity contribution < 1.29 is 9.31 Å². The van der Waals surface area contributed by atoms with E-state index in [0.29, 0.717) is 11.1 Å². The van der Waals surface area contributed by atoms with Crippen LogP contribution in [0, 0.1) is 22.7 Å². The Kier molecular flexibility index (Phi) is 15.1. The minimum absolute atomic E-state index is 0.368. The molecule has 0 aromatic heterocycles. The summed E-state index contributed by atoms with van der Waals surface area (Å²) in [4.78, 5) is 0. The van der Waals surface area contributed by atoms with Crippen LogP contribution in [0.15, 0.2) is 280 Å². The zero-order valence-electron chi connectivity index (χ0n) is 50.8. The minimum Gasteiger partial charge on any atom is -0.399 e. The molecule has 8 heteroatoms. The lowest BCUT2D eigenvalue weighted by molar-refractivity contribution is 0.00578. The van der Waals surface area contributed by atoms with Crippen LogP contribution in [0.3, 0.4) is 0 Å². The fourth-order valence-electron chi connectivity index (χ4n) is 14.0. The van der Waals surface area contributed by atoms with Crippen molar-refractivity contribution in [2.75, 3.05) is 0 Å². The van der Waals surface area contributed by atoms with Gasteiger partial charge in [-0.25, -0.2) is 0 Å². The standard InChI is InChI=1S/C39H22BrN.C32H19Br.C13H15BBrNO2/c40-28-21-24(23-41)20-27(22-28)29-18-19-34-37-30(29)16-9-17-33(37)38-35(25-10-3-1-4-11-25)31-14-7-8-15-32(31)36(39(34)38)26-12-5-2-6-13-26;33-27-19-18-26-30-24(27)16-9-17-25(30)31-28(20-10-3-1-4-11-20)22-14-7-8-15-23(22)29(32(26)31)21-12-5-2-6-13-21;1-12(2)13(3,4)18-14(17-12)10-5-9(8-16)6-11(15)7-10/h1-22H;1-19H;5-7H,1-4H3. The first-order valence-corrected chi connectivity index (χ1v) is 33.1. The van der Waals surface area contributed by atoms with E-state index >= 15 is 0 Å². The number of hydrogen-bond acceptors (Lipinski definition) is 4. The molecule has 17 rings (SSSR count). The Hall–Kier alpha value is -9.48. The Morgan fingerprint density at radius 3 is 1.07 bits per heavy atom. The second-order valence-corrected chi connectivity index (χ2v) is 27.3. The van der Waals surface area contributed by atoms with Gasteiger partial charge in [-0.05, 0) is 219 Å². The molecule has 0 spiro atoms. The first kappa shape index (κ1) is 58.9. The van der Waals surface area contributed by atoms with Gasteiger partial charge in [-0.3, -0.25) is 0 Å². The van der Waals surface area contributed by atoms with E-state index in [1.807, 2.05) is 45.9 Å². The normalized spacial score (nSPS) is 13.4. The van der Waals surface area contributed by atoms with Crippen LogP contribution >= 0.6 is 47.8 Å². The smallest absolute Gasteiger partial charge is 0.399 e. The maximum atomic E-state index is 9.66. The van der Waals surface area contributed by atoms with Crippen LogP contribution in [0.1, 0.15) is 38.8 Å². The van der Waals surface area contributed by atoms with Gasteiger partial charge < -0.3 is 9.31 Å². The zero-order valence-corrected chi connectivity index (χ0v) is 55.6. The molecule has 14 aromatic rings. The molecule has 1 saturated heterocycles. The molecule has 4 nitrogen and oxygen atoms in total. The van der Waals surface area contributed by atoms with E-state index in [-0.39, 0.29) is 11.2 Å². The van der Waals surface area contributed by atoms with Crippen LogP contribution in [0.2, 0.25) is 0 Å². The average Bonchev–Trinajstić information content (AvgIpc) is 1.53. The van der Waals surface area contributed by atoms with E-state index in [2.05, 4.69) is 297 Å². The zero-order chi connectivity index (χ0) is 63.0. The van der Waals surface area contributed by atoms with E-state index in [9.17, 15) is 5.26 Å². The van der Waals surface area contributed by atoms with Crippen LogP contribution in [0.5, 0.6) is 0 Å². The highest BCUT2D eigenvalue weighted by atomic mass is 79.9. The van der Waals surface area contributed by atoms with Crippen molar-refractivity contribution in [1.82, 2.24) is 0 Å². The lowest BCUT2D eigenvalue weighted by atomic mass is 9.78. The molecule has 1 aliphatic heterocycles. The predicted molar refractivity (Wildman–Crippen MR) is 394 cm³/mol. The number of nitrogens with zero attached hydrogens (tertiary/aromatic N) is 2. The molecule has 0 bridgehead atoms. The molecular weight excluding hydrogens is 1320 g/mol. The Morgan fingerprint density at radius 1 is 0.304 bits per heavy atom. The summed E-state index contributed by atoms with van der Waals surface area (Å²) in [7, 11) is -0.431. The van der Waals surface area contributed by atoms with Gasteiger partial charge in [0.2, 0.25) is 0 Å². The summed E-state index contributed by atoms with van der Waals surface area (Å²) in [6, 6.07) is 99.3. The summed E-state index contributed by atoms with van der Waals surface area (Å²) in [6.07, 6.45) is 0. The summed E-state index contributed by atoms with van der Waals surface area (Å²) in [5.41, 5.74) is 24.1. The number of benzene rings is 14. The third kappa shape index (κ3) is 10.0. The van der Waals surface area contributed by atoms with Crippen molar-refractivity contribution in [2.24, 2.45) is 0 Å². The minimum atomic E-state index is -0.431. The largest absolute Gasteiger partial charge is 0.494 e. The summed E-state index contributed by atoms with van der Waals surface area (Å²) in [6.45, 7) is 8.04. The van der Waals surface area contributed by atoms with E-state index in [1.165, 1.54) is 132 Å². The van der Waals surface area contributed by atoms with Crippen LogP contribution < -0.4 is 5.46 Å². The molecule has 2 aliphatic carbocycles. The molecule has 0 N–H and O–H groups in total. The maximum absolute atomic E-state index is 9.66. The summed E-state index contributed by atoms with van der Waals surface area (Å²) in [5.74, 6) is 0. The molecule has 14 aromatic carbocycles. The fraction of sp³-hybridized carbons (Fsp3) is 0.0714. The predicted octanol–water partition coefficient (Wildman–Crippen LogP) is 23.6. The van der Waals surface area contributed by atoms with E-state index in [0.717, 1.165) is 30.0 Å². The number of nitriles is 2. The highest BCUT2D eigenvalue weighted by Gasteiger charge is 2.52. The molecule has 0 unspecified atom stereocenters. The average molecular weight is 1380 g/mol. The molecule has 0 atom stereocenters. The Labute approximate surface area is 561 Å². The van der Waals surface area contributed by atoms with Gasteiger partial charge in [-0.1, -0.05) is 272 Å². The first-order valence-electron chi connectivity index (χ1n) is 30.8. The van der Waals surface area contributed by atoms with Crippen LogP contribution in [-0.2, 0) is 9.31 Å². The van der Waals surface area contributed by atoms with Gasteiger partial charge in [-0.15, -0.1) is 0 Å². The lowest BCUT2D eigenvalue weighted by Gasteiger charge is -2.32. The van der Waals surface area contributed by atoms with Gasteiger partial charge in [0.15, 0.2) is 0 Å². The van der Waals surface area contributed by atoms with Gasteiger partial charge in [0.25, 0.3) is 0 Å². The van der Waals surface area contributed by atoms with Gasteiger partial charge in [0.05, 0.1) is 34.5 Å². The Bertz CT molecular complexity index is 5210. The molecule has 0 amide bonds. The number of hydrogen-bond donors (Lipinski definition) is 0. The lowest BCUT2D eigenvalue weighted by Crippen LogP contribution is -2.41. The van der Waals surface area contributed by atoms with Crippen molar-refractivity contribution in [3.05, 3.63) is 291 Å². The van der Waals surface area contributed by atoms with Gasteiger partial charge >= 0.3 is 7.12 Å². The highest BCUT2D eigenvalue weighted by Crippen LogP contribution is 2.60. The molecule has 3 aliphatic rings. The Balaban J connectivity index is 0.000000123. The third-order valence-corrected chi connectivity index (χ3v) is 20.3. The number of fused-ring (bicyclic) bond motifs is 8. The monoisotopic (exact) mass is 1370 g/mol. The van der Waals surface area contributed by atoms with Crippen molar-refractivity contribution in [3.63, 3.8) is 0 Å². The first-order chi connectivity index (χ1) is 44.8. The highest BCUT2D eigenvalue weighted by molar-refractivity contribution is 9.11. The molecule has 92 heavy (non-hydrogen) atoms. The van der Waals surface area contributed by atoms with E-state index < -0.39 is 7.12 Å². The van der Waals surface area contributed by atoms with Gasteiger partial charge in [0.1, 0.15) is 0 Å². The maximum Gasteiger partial charge on any atom is 0.494 e. The summed E-state index contributed by atoms with van der Waals surface area (Å²) < 4.78 is 14.8. The SMILES string of the molecule is Brc1ccc2c3c(cccc13)-c1c-2c(-c2ccccc2)c2ccccc2c1-c1ccccc1.CC1(C)OB(c2cc(Br)cc(C#N)c2)OC1(C)C.N#Cc1cc(Br)cc(-c2ccc3c4c(cccc24)-c2c-3c(-c3ccccc3)c3ccccc3c2-c2ccccc2)c1. The van der Waals surface area contributed by atoms with Crippen LogP contribution in [0.25, 0.3) is 143 Å².